The molecule has 6 nitrogen and oxygen atoms in total. The van der Waals surface area contributed by atoms with Gasteiger partial charge in [0.1, 0.15) is 4.90 Å². The number of nitrogens with one attached hydrogen (secondary N) is 1. The zero-order chi connectivity index (χ0) is 14.8. The molecule has 0 amide bonds. The van der Waals surface area contributed by atoms with E-state index < -0.39 is 10.0 Å². The Labute approximate surface area is 124 Å². The monoisotopic (exact) mass is 321 g/mol. The van der Waals surface area contributed by atoms with Crippen molar-refractivity contribution in [3.8, 4) is 0 Å². The largest absolute Gasteiger partial charge is 0.378 e. The molecule has 8 heteroatoms. The van der Waals surface area contributed by atoms with E-state index in [1.54, 1.807) is 6.92 Å². The molecule has 1 aliphatic rings. The molecule has 2 rings (SSSR count). The number of rotatable bonds is 5. The quantitative estimate of drug-likeness (QED) is 0.837. The molecule has 0 bridgehead atoms. The van der Waals surface area contributed by atoms with Gasteiger partial charge in [0.2, 0.25) is 10.0 Å². The van der Waals surface area contributed by atoms with Gasteiger partial charge in [-0.2, -0.15) is 9.40 Å². The maximum atomic E-state index is 12.7. The van der Waals surface area contributed by atoms with E-state index in [9.17, 15) is 8.42 Å². The van der Waals surface area contributed by atoms with Crippen LogP contribution >= 0.6 is 11.6 Å². The lowest BCUT2D eigenvalue weighted by molar-refractivity contribution is 0.0290. The van der Waals surface area contributed by atoms with Gasteiger partial charge < -0.3 is 4.74 Å². The molecule has 114 valence electrons. The summed E-state index contributed by atoms with van der Waals surface area (Å²) in [5.74, 6) is 0.0777. The lowest BCUT2D eigenvalue weighted by Crippen LogP contribution is -2.41. The van der Waals surface area contributed by atoms with Crippen molar-refractivity contribution in [2.24, 2.45) is 0 Å². The van der Waals surface area contributed by atoms with E-state index in [0.29, 0.717) is 31.1 Å². The molecule has 0 aromatic carbocycles. The van der Waals surface area contributed by atoms with Crippen LogP contribution in [0, 0.1) is 6.92 Å². The van der Waals surface area contributed by atoms with Crippen molar-refractivity contribution in [3.05, 3.63) is 11.4 Å². The highest BCUT2D eigenvalue weighted by Crippen LogP contribution is 2.26. The van der Waals surface area contributed by atoms with E-state index in [1.165, 1.54) is 4.31 Å². The van der Waals surface area contributed by atoms with Gasteiger partial charge in [0, 0.05) is 19.7 Å². The van der Waals surface area contributed by atoms with Gasteiger partial charge in [0.25, 0.3) is 0 Å². The second kappa shape index (κ2) is 6.43. The SMILES string of the molecule is CCOC1CCN(S(=O)(=O)c2c(CCl)n[nH]c2C)CC1. The first kappa shape index (κ1) is 15.8. The molecule has 2 heterocycles. The summed E-state index contributed by atoms with van der Waals surface area (Å²) in [7, 11) is -3.53. The Bertz CT molecular complexity index is 550. The number of aromatic amines is 1. The summed E-state index contributed by atoms with van der Waals surface area (Å²) in [6.45, 7) is 5.25. The van der Waals surface area contributed by atoms with Gasteiger partial charge in [-0.15, -0.1) is 11.6 Å². The molecule has 0 spiro atoms. The third kappa shape index (κ3) is 3.00. The number of hydrogen-bond donors (Lipinski definition) is 1. The fraction of sp³-hybridized carbons (Fsp3) is 0.750. The van der Waals surface area contributed by atoms with E-state index in [4.69, 9.17) is 16.3 Å². The van der Waals surface area contributed by atoms with E-state index in [2.05, 4.69) is 10.2 Å². The number of ether oxygens (including phenoxy) is 1. The molecular formula is C12H20ClN3O3S. The predicted molar refractivity (Wildman–Crippen MR) is 76.3 cm³/mol. The topological polar surface area (TPSA) is 75.3 Å². The fourth-order valence-corrected chi connectivity index (χ4v) is 4.58. The number of halogens is 1. The van der Waals surface area contributed by atoms with Gasteiger partial charge in [-0.3, -0.25) is 5.10 Å². The van der Waals surface area contributed by atoms with Crippen LogP contribution in [-0.2, 0) is 20.6 Å². The average molecular weight is 322 g/mol. The molecule has 1 saturated heterocycles. The third-order valence-electron chi connectivity index (χ3n) is 3.49. The number of hydrogen-bond acceptors (Lipinski definition) is 4. The van der Waals surface area contributed by atoms with Gasteiger partial charge in [-0.25, -0.2) is 8.42 Å². The van der Waals surface area contributed by atoms with Crippen molar-refractivity contribution in [3.63, 3.8) is 0 Å². The first-order valence-electron chi connectivity index (χ1n) is 6.72. The molecule has 0 radical (unpaired) electrons. The Morgan fingerprint density at radius 1 is 1.45 bits per heavy atom. The fourth-order valence-electron chi connectivity index (χ4n) is 2.51. The first-order chi connectivity index (χ1) is 9.50. The molecule has 0 aliphatic carbocycles. The molecule has 1 N–H and O–H groups in total. The summed E-state index contributed by atoms with van der Waals surface area (Å²) >= 11 is 5.77. The summed E-state index contributed by atoms with van der Waals surface area (Å²) in [5, 5.41) is 6.65. The predicted octanol–water partition coefficient (Wildman–Crippen LogP) is 1.65. The van der Waals surface area contributed by atoms with Crippen LogP contribution in [-0.4, -0.2) is 48.7 Å². The Morgan fingerprint density at radius 3 is 2.65 bits per heavy atom. The van der Waals surface area contributed by atoms with Crippen LogP contribution in [0.5, 0.6) is 0 Å². The number of sulfonamides is 1. The van der Waals surface area contributed by atoms with Crippen molar-refractivity contribution in [2.45, 2.75) is 43.6 Å². The number of aryl methyl sites for hydroxylation is 1. The lowest BCUT2D eigenvalue weighted by Gasteiger charge is -2.31. The second-order valence-electron chi connectivity index (χ2n) is 4.82. The van der Waals surface area contributed by atoms with Crippen LogP contribution in [0.4, 0.5) is 0 Å². The zero-order valence-electron chi connectivity index (χ0n) is 11.7. The van der Waals surface area contributed by atoms with Crippen LogP contribution in [0.2, 0.25) is 0 Å². The Kier molecular flexibility index (Phi) is 5.06. The molecule has 20 heavy (non-hydrogen) atoms. The Balaban J connectivity index is 2.18. The Morgan fingerprint density at radius 2 is 2.10 bits per heavy atom. The molecule has 1 fully saturated rings. The van der Waals surface area contributed by atoms with Crippen molar-refractivity contribution in [1.29, 1.82) is 0 Å². The van der Waals surface area contributed by atoms with E-state index in [0.717, 1.165) is 12.8 Å². The highest BCUT2D eigenvalue weighted by atomic mass is 35.5. The van der Waals surface area contributed by atoms with Crippen molar-refractivity contribution in [2.75, 3.05) is 19.7 Å². The smallest absolute Gasteiger partial charge is 0.246 e. The average Bonchev–Trinajstić information content (AvgIpc) is 2.81. The van der Waals surface area contributed by atoms with Crippen LogP contribution in [0.3, 0.4) is 0 Å². The summed E-state index contributed by atoms with van der Waals surface area (Å²) in [4.78, 5) is 0.224. The van der Waals surface area contributed by atoms with Gasteiger partial charge in [-0.05, 0) is 26.7 Å². The van der Waals surface area contributed by atoms with Gasteiger partial charge in [0.15, 0.2) is 0 Å². The number of aromatic nitrogens is 2. The molecule has 1 aromatic rings. The second-order valence-corrected chi connectivity index (χ2v) is 6.96. The number of nitrogens with zero attached hydrogens (tertiary/aromatic N) is 2. The van der Waals surface area contributed by atoms with Crippen molar-refractivity contribution in [1.82, 2.24) is 14.5 Å². The van der Waals surface area contributed by atoms with E-state index in [-0.39, 0.29) is 16.9 Å². The van der Waals surface area contributed by atoms with E-state index in [1.807, 2.05) is 6.92 Å². The highest BCUT2D eigenvalue weighted by Gasteiger charge is 2.33. The van der Waals surface area contributed by atoms with Crippen LogP contribution in [0.25, 0.3) is 0 Å². The van der Waals surface area contributed by atoms with Crippen LogP contribution in [0.1, 0.15) is 31.2 Å². The van der Waals surface area contributed by atoms with Crippen LogP contribution in [0.15, 0.2) is 4.90 Å². The highest BCUT2D eigenvalue weighted by molar-refractivity contribution is 7.89. The molecule has 0 saturated carbocycles. The number of piperidine rings is 1. The number of H-pyrrole nitrogens is 1. The molecule has 1 aliphatic heterocycles. The van der Waals surface area contributed by atoms with Gasteiger partial charge in [0.05, 0.1) is 23.4 Å². The first-order valence-corrected chi connectivity index (χ1v) is 8.69. The summed E-state index contributed by atoms with van der Waals surface area (Å²) in [6, 6.07) is 0. The van der Waals surface area contributed by atoms with Gasteiger partial charge in [-0.1, -0.05) is 0 Å². The van der Waals surface area contributed by atoms with E-state index >= 15 is 0 Å². The summed E-state index contributed by atoms with van der Waals surface area (Å²) < 4.78 is 32.4. The van der Waals surface area contributed by atoms with Crippen LogP contribution < -0.4 is 0 Å². The number of alkyl halides is 1. The molecule has 0 atom stereocenters. The maximum absolute atomic E-state index is 12.7. The minimum atomic E-state index is -3.53. The van der Waals surface area contributed by atoms with Gasteiger partial charge >= 0.3 is 0 Å². The Hall–Kier alpha value is -0.630. The lowest BCUT2D eigenvalue weighted by atomic mass is 10.1. The molecular weight excluding hydrogens is 302 g/mol. The normalized spacial score (nSPS) is 18.6. The minimum absolute atomic E-state index is 0.0777. The summed E-state index contributed by atoms with van der Waals surface area (Å²) in [5.41, 5.74) is 0.920. The molecule has 0 unspecified atom stereocenters. The summed E-state index contributed by atoms with van der Waals surface area (Å²) in [6.07, 6.45) is 1.60. The third-order valence-corrected chi connectivity index (χ3v) is 5.84. The maximum Gasteiger partial charge on any atom is 0.246 e. The van der Waals surface area contributed by atoms with Crippen molar-refractivity contribution >= 4 is 21.6 Å². The standard InChI is InChI=1S/C12H20ClN3O3S/c1-3-19-10-4-6-16(7-5-10)20(17,18)12-9(2)14-15-11(12)8-13/h10H,3-8H2,1-2H3,(H,14,15). The zero-order valence-corrected chi connectivity index (χ0v) is 13.3. The molecule has 1 aromatic heterocycles. The van der Waals surface area contributed by atoms with Crippen molar-refractivity contribution < 1.29 is 13.2 Å². The minimum Gasteiger partial charge on any atom is -0.378 e.